The van der Waals surface area contributed by atoms with Crippen LogP contribution in [0.4, 0.5) is 0 Å². The summed E-state index contributed by atoms with van der Waals surface area (Å²) >= 11 is 5.97. The van der Waals surface area contributed by atoms with Crippen LogP contribution in [0.3, 0.4) is 0 Å². The predicted molar refractivity (Wildman–Crippen MR) is 92.4 cm³/mol. The van der Waals surface area contributed by atoms with E-state index in [1.807, 2.05) is 36.4 Å². The van der Waals surface area contributed by atoms with Crippen LogP contribution in [0.5, 0.6) is 5.75 Å². The van der Waals surface area contributed by atoms with Crippen molar-refractivity contribution in [2.24, 2.45) is 0 Å². The van der Waals surface area contributed by atoms with Crippen molar-refractivity contribution in [3.05, 3.63) is 60.2 Å². The maximum absolute atomic E-state index is 11.4. The maximum atomic E-state index is 11.4. The SMILES string of the molecule is C=Cc1ccc2cc3c(OC(C)=O)c(CCl)ccc3cc2c1. The van der Waals surface area contributed by atoms with E-state index in [0.717, 1.165) is 32.7 Å². The minimum atomic E-state index is -0.346. The zero-order valence-corrected chi connectivity index (χ0v) is 13.0. The second kappa shape index (κ2) is 5.82. The van der Waals surface area contributed by atoms with E-state index < -0.39 is 0 Å². The summed E-state index contributed by atoms with van der Waals surface area (Å²) in [4.78, 5) is 11.4. The first-order chi connectivity index (χ1) is 10.6. The Bertz CT molecular complexity index is 897. The third-order valence-electron chi connectivity index (χ3n) is 3.66. The molecular formula is C19H15ClO2. The molecule has 0 fully saturated rings. The minimum absolute atomic E-state index is 0.298. The number of ether oxygens (including phenoxy) is 1. The highest BCUT2D eigenvalue weighted by atomic mass is 35.5. The average molecular weight is 311 g/mol. The van der Waals surface area contributed by atoms with Gasteiger partial charge in [0.05, 0.1) is 5.88 Å². The molecule has 3 aromatic carbocycles. The fraction of sp³-hybridized carbons (Fsp3) is 0.105. The summed E-state index contributed by atoms with van der Waals surface area (Å²) in [6, 6.07) is 14.2. The topological polar surface area (TPSA) is 26.3 Å². The molecule has 0 atom stereocenters. The average Bonchev–Trinajstić information content (AvgIpc) is 2.52. The van der Waals surface area contributed by atoms with Crippen molar-refractivity contribution >= 4 is 45.2 Å². The lowest BCUT2D eigenvalue weighted by Crippen LogP contribution is -2.04. The monoisotopic (exact) mass is 310 g/mol. The van der Waals surface area contributed by atoms with Gasteiger partial charge in [0, 0.05) is 17.9 Å². The number of carbonyl (C=O) groups is 1. The summed E-state index contributed by atoms with van der Waals surface area (Å²) in [6.07, 6.45) is 1.82. The number of rotatable bonds is 3. The van der Waals surface area contributed by atoms with Gasteiger partial charge in [0.25, 0.3) is 0 Å². The number of carbonyl (C=O) groups excluding carboxylic acids is 1. The predicted octanol–water partition coefficient (Wildman–Crippen LogP) is 5.30. The van der Waals surface area contributed by atoms with Gasteiger partial charge in [-0.15, -0.1) is 11.6 Å². The van der Waals surface area contributed by atoms with Gasteiger partial charge in [-0.25, -0.2) is 0 Å². The van der Waals surface area contributed by atoms with E-state index >= 15 is 0 Å². The van der Waals surface area contributed by atoms with Crippen LogP contribution in [0, 0.1) is 0 Å². The van der Waals surface area contributed by atoms with E-state index in [9.17, 15) is 4.79 Å². The highest BCUT2D eigenvalue weighted by Crippen LogP contribution is 2.34. The van der Waals surface area contributed by atoms with Gasteiger partial charge in [-0.1, -0.05) is 36.9 Å². The Morgan fingerprint density at radius 1 is 1.14 bits per heavy atom. The zero-order valence-electron chi connectivity index (χ0n) is 12.2. The molecule has 0 heterocycles. The Morgan fingerprint density at radius 2 is 1.91 bits per heavy atom. The largest absolute Gasteiger partial charge is 0.426 e. The lowest BCUT2D eigenvalue weighted by Gasteiger charge is -2.12. The molecule has 0 bridgehead atoms. The van der Waals surface area contributed by atoms with Crippen LogP contribution >= 0.6 is 11.6 Å². The number of fused-ring (bicyclic) bond motifs is 2. The van der Waals surface area contributed by atoms with Gasteiger partial charge >= 0.3 is 5.97 Å². The number of hydrogen-bond acceptors (Lipinski definition) is 2. The van der Waals surface area contributed by atoms with Gasteiger partial charge in [-0.3, -0.25) is 4.79 Å². The second-order valence-corrected chi connectivity index (χ2v) is 5.43. The molecule has 3 aromatic rings. The summed E-state index contributed by atoms with van der Waals surface area (Å²) in [7, 11) is 0. The zero-order chi connectivity index (χ0) is 15.7. The lowest BCUT2D eigenvalue weighted by atomic mass is 9.99. The van der Waals surface area contributed by atoms with Gasteiger partial charge in [0.2, 0.25) is 0 Å². The van der Waals surface area contributed by atoms with Gasteiger partial charge in [-0.05, 0) is 39.9 Å². The van der Waals surface area contributed by atoms with E-state index in [-0.39, 0.29) is 5.97 Å². The lowest BCUT2D eigenvalue weighted by molar-refractivity contribution is -0.131. The van der Waals surface area contributed by atoms with Crippen molar-refractivity contribution < 1.29 is 9.53 Å². The molecule has 2 nitrogen and oxygen atoms in total. The van der Waals surface area contributed by atoms with Crippen LogP contribution in [-0.2, 0) is 10.7 Å². The highest BCUT2D eigenvalue weighted by molar-refractivity contribution is 6.17. The quantitative estimate of drug-likeness (QED) is 0.284. The molecule has 0 N–H and O–H groups in total. The molecule has 0 saturated heterocycles. The molecule has 0 amide bonds. The third kappa shape index (κ3) is 2.58. The molecule has 22 heavy (non-hydrogen) atoms. The smallest absolute Gasteiger partial charge is 0.308 e. The van der Waals surface area contributed by atoms with E-state index in [2.05, 4.69) is 18.7 Å². The summed E-state index contributed by atoms with van der Waals surface area (Å²) < 4.78 is 5.40. The summed E-state index contributed by atoms with van der Waals surface area (Å²) in [6.45, 7) is 5.19. The molecular weight excluding hydrogens is 296 g/mol. The Morgan fingerprint density at radius 3 is 2.59 bits per heavy atom. The highest BCUT2D eigenvalue weighted by Gasteiger charge is 2.12. The Balaban J connectivity index is 2.33. The van der Waals surface area contributed by atoms with Gasteiger partial charge in [0.15, 0.2) is 0 Å². The van der Waals surface area contributed by atoms with Gasteiger partial charge in [-0.2, -0.15) is 0 Å². The van der Waals surface area contributed by atoms with Crippen molar-refractivity contribution in [2.45, 2.75) is 12.8 Å². The van der Waals surface area contributed by atoms with Crippen LogP contribution in [0.25, 0.3) is 27.6 Å². The number of alkyl halides is 1. The second-order valence-electron chi connectivity index (χ2n) is 5.17. The first-order valence-electron chi connectivity index (χ1n) is 6.98. The molecule has 0 aliphatic rings. The van der Waals surface area contributed by atoms with Crippen LogP contribution in [0.1, 0.15) is 18.1 Å². The molecule has 3 rings (SSSR count). The molecule has 110 valence electrons. The van der Waals surface area contributed by atoms with Crippen LogP contribution in [-0.4, -0.2) is 5.97 Å². The Hall–Kier alpha value is -2.32. The van der Waals surface area contributed by atoms with E-state index in [4.69, 9.17) is 16.3 Å². The molecule has 0 aliphatic heterocycles. The number of hydrogen-bond donors (Lipinski definition) is 0. The fourth-order valence-corrected chi connectivity index (χ4v) is 2.81. The molecule has 0 saturated carbocycles. The Kier molecular flexibility index (Phi) is 3.86. The van der Waals surface area contributed by atoms with Crippen molar-refractivity contribution in [3.8, 4) is 5.75 Å². The fourth-order valence-electron chi connectivity index (χ4n) is 2.60. The van der Waals surface area contributed by atoms with E-state index in [0.29, 0.717) is 11.6 Å². The first kappa shape index (κ1) is 14.6. The van der Waals surface area contributed by atoms with Crippen molar-refractivity contribution in [1.29, 1.82) is 0 Å². The van der Waals surface area contributed by atoms with Crippen LogP contribution in [0.15, 0.2) is 49.0 Å². The van der Waals surface area contributed by atoms with Crippen LogP contribution in [0.2, 0.25) is 0 Å². The molecule has 0 aliphatic carbocycles. The Labute approximate surface area is 134 Å². The molecule has 0 unspecified atom stereocenters. The summed E-state index contributed by atoms with van der Waals surface area (Å²) in [5.74, 6) is 0.502. The summed E-state index contributed by atoms with van der Waals surface area (Å²) in [5.41, 5.74) is 1.89. The standard InChI is InChI=1S/C19H15ClO2/c1-3-13-4-5-14-10-18-15(9-17(14)8-13)6-7-16(11-20)19(18)22-12(2)21/h3-10H,1,11H2,2H3. The van der Waals surface area contributed by atoms with E-state index in [1.165, 1.54) is 6.92 Å². The molecule has 0 radical (unpaired) electrons. The number of halogens is 1. The number of benzene rings is 3. The minimum Gasteiger partial charge on any atom is -0.426 e. The van der Waals surface area contributed by atoms with Gasteiger partial charge in [0.1, 0.15) is 5.75 Å². The van der Waals surface area contributed by atoms with Crippen molar-refractivity contribution in [1.82, 2.24) is 0 Å². The van der Waals surface area contributed by atoms with Crippen LogP contribution < -0.4 is 4.74 Å². The molecule has 0 aromatic heterocycles. The molecule has 0 spiro atoms. The maximum Gasteiger partial charge on any atom is 0.308 e. The molecule has 3 heteroatoms. The summed E-state index contributed by atoms with van der Waals surface area (Å²) in [5, 5.41) is 4.11. The number of esters is 1. The van der Waals surface area contributed by atoms with Crippen molar-refractivity contribution in [3.63, 3.8) is 0 Å². The normalized spacial score (nSPS) is 10.8. The first-order valence-corrected chi connectivity index (χ1v) is 7.52. The third-order valence-corrected chi connectivity index (χ3v) is 3.95. The van der Waals surface area contributed by atoms with Gasteiger partial charge < -0.3 is 4.74 Å². The van der Waals surface area contributed by atoms with E-state index in [1.54, 1.807) is 0 Å². The van der Waals surface area contributed by atoms with Crippen molar-refractivity contribution in [2.75, 3.05) is 0 Å².